The van der Waals surface area contributed by atoms with Crippen LogP contribution in [0.3, 0.4) is 0 Å². The first kappa shape index (κ1) is 27.5. The number of amides is 1. The lowest BCUT2D eigenvalue weighted by molar-refractivity contribution is -0.384. The van der Waals surface area contributed by atoms with E-state index >= 15 is 0 Å². The van der Waals surface area contributed by atoms with Gasteiger partial charge in [-0.05, 0) is 57.0 Å². The predicted molar refractivity (Wildman–Crippen MR) is 143 cm³/mol. The van der Waals surface area contributed by atoms with Crippen LogP contribution in [-0.4, -0.2) is 45.9 Å². The summed E-state index contributed by atoms with van der Waals surface area (Å²) in [6.07, 6.45) is -0.0843. The average molecular weight is 552 g/mol. The molecule has 1 fully saturated rings. The van der Waals surface area contributed by atoms with Gasteiger partial charge in [0.15, 0.2) is 5.13 Å². The molecule has 1 aliphatic heterocycles. The number of aryl methyl sites for hydroxylation is 2. The maximum absolute atomic E-state index is 13.4. The molecule has 0 spiro atoms. The molecule has 1 aromatic heterocycles. The number of esters is 1. The molecule has 1 amide bonds. The Morgan fingerprint density at radius 2 is 1.90 bits per heavy atom. The van der Waals surface area contributed by atoms with Gasteiger partial charge >= 0.3 is 11.9 Å². The van der Waals surface area contributed by atoms with E-state index < -0.39 is 34.4 Å². The average Bonchev–Trinajstić information content (AvgIpc) is 3.40. The van der Waals surface area contributed by atoms with Crippen LogP contribution in [0.2, 0.25) is 0 Å². The molecule has 2 aromatic carbocycles. The lowest BCUT2D eigenvalue weighted by Gasteiger charge is -2.23. The molecule has 0 bridgehead atoms. The Kier molecular flexibility index (Phi) is 7.50. The summed E-state index contributed by atoms with van der Waals surface area (Å²) in [6, 6.07) is 9.00. The Hall–Kier alpha value is -4.58. The highest BCUT2D eigenvalue weighted by Gasteiger charge is 2.48. The van der Waals surface area contributed by atoms with Crippen molar-refractivity contribution in [3.05, 3.63) is 85.4 Å². The van der Waals surface area contributed by atoms with Crippen molar-refractivity contribution in [1.29, 1.82) is 0 Å². The molecule has 0 aliphatic carbocycles. The number of benzene rings is 2. The number of aliphatic hydroxyl groups is 1. The Morgan fingerprint density at radius 3 is 2.51 bits per heavy atom. The van der Waals surface area contributed by atoms with E-state index in [2.05, 4.69) is 4.98 Å². The third-order valence-electron chi connectivity index (χ3n) is 6.01. The first-order chi connectivity index (χ1) is 18.4. The minimum Gasteiger partial charge on any atom is -0.507 e. The second kappa shape index (κ2) is 10.7. The first-order valence-electron chi connectivity index (χ1n) is 11.8. The van der Waals surface area contributed by atoms with Crippen molar-refractivity contribution >= 4 is 45.6 Å². The number of carbonyl (C=O) groups excluding carboxylic acids is 3. The van der Waals surface area contributed by atoms with Crippen LogP contribution in [0.5, 0.6) is 5.75 Å². The van der Waals surface area contributed by atoms with Crippen LogP contribution >= 0.6 is 11.3 Å². The van der Waals surface area contributed by atoms with Gasteiger partial charge in [0.25, 0.3) is 11.5 Å². The van der Waals surface area contributed by atoms with Crippen LogP contribution in [0.15, 0.2) is 48.0 Å². The summed E-state index contributed by atoms with van der Waals surface area (Å²) in [5.41, 5.74) is 0.876. The molecule has 12 heteroatoms. The van der Waals surface area contributed by atoms with Gasteiger partial charge in [0.2, 0.25) is 0 Å². The summed E-state index contributed by atoms with van der Waals surface area (Å²) in [7, 11) is 1.20. The van der Waals surface area contributed by atoms with E-state index in [4.69, 9.17) is 9.47 Å². The number of ketones is 1. The number of nitro benzene ring substituents is 1. The van der Waals surface area contributed by atoms with Gasteiger partial charge in [0.1, 0.15) is 16.4 Å². The molecule has 2 heterocycles. The zero-order valence-electron chi connectivity index (χ0n) is 21.8. The number of hydrogen-bond donors (Lipinski definition) is 1. The second-order valence-electron chi connectivity index (χ2n) is 9.07. The number of thiazole rings is 1. The van der Waals surface area contributed by atoms with Crippen molar-refractivity contribution < 1.29 is 33.9 Å². The van der Waals surface area contributed by atoms with Crippen LogP contribution in [-0.2, 0) is 14.3 Å². The number of aromatic nitrogens is 1. The number of hydrogen-bond acceptors (Lipinski definition) is 10. The molecule has 4 rings (SSSR count). The van der Waals surface area contributed by atoms with Gasteiger partial charge in [-0.1, -0.05) is 23.5 Å². The molecule has 202 valence electrons. The molecule has 1 saturated heterocycles. The molecule has 3 aromatic rings. The molecule has 1 atom stereocenters. The fraction of sp³-hybridized carbons (Fsp3) is 0.259. The van der Waals surface area contributed by atoms with Crippen molar-refractivity contribution in [3.8, 4) is 5.75 Å². The molecule has 1 N–H and O–H groups in total. The maximum Gasteiger partial charge on any atom is 0.350 e. The van der Waals surface area contributed by atoms with E-state index in [1.54, 1.807) is 32.0 Å². The van der Waals surface area contributed by atoms with Crippen LogP contribution < -0.4 is 9.64 Å². The number of carbonyl (C=O) groups is 3. The number of aliphatic hydroxyl groups excluding tert-OH is 1. The maximum atomic E-state index is 13.4. The number of Topliss-reactive ketones (excluding diaryl/α,β-unsaturated/α-hetero) is 1. The molecule has 0 saturated carbocycles. The molecule has 0 radical (unpaired) electrons. The number of rotatable bonds is 7. The van der Waals surface area contributed by atoms with Crippen molar-refractivity contribution in [3.63, 3.8) is 0 Å². The van der Waals surface area contributed by atoms with Gasteiger partial charge in [-0.15, -0.1) is 0 Å². The monoisotopic (exact) mass is 551 g/mol. The summed E-state index contributed by atoms with van der Waals surface area (Å²) in [5, 5.41) is 22.9. The quantitative estimate of drug-likeness (QED) is 0.108. The summed E-state index contributed by atoms with van der Waals surface area (Å²) in [4.78, 5) is 55.4. The Morgan fingerprint density at radius 1 is 1.18 bits per heavy atom. The molecule has 1 aliphatic rings. The second-order valence-corrected chi connectivity index (χ2v) is 10.0. The van der Waals surface area contributed by atoms with Crippen molar-refractivity contribution in [2.24, 2.45) is 0 Å². The van der Waals surface area contributed by atoms with Crippen molar-refractivity contribution in [2.45, 2.75) is 39.8 Å². The van der Waals surface area contributed by atoms with Crippen LogP contribution in [0.1, 0.15) is 51.9 Å². The summed E-state index contributed by atoms with van der Waals surface area (Å²) in [6.45, 7) is 7.08. The third-order valence-corrected chi connectivity index (χ3v) is 7.15. The molecule has 11 nitrogen and oxygen atoms in total. The number of ether oxygens (including phenoxy) is 2. The number of anilines is 1. The minimum absolute atomic E-state index is 0.00224. The van der Waals surface area contributed by atoms with Gasteiger partial charge in [0, 0.05) is 17.7 Å². The number of methoxy groups -OCH3 is 1. The topological polar surface area (TPSA) is 149 Å². The number of non-ortho nitro benzene ring substituents is 1. The number of nitro groups is 1. The molecular formula is C27H25N3O8S. The Labute approximate surface area is 227 Å². The van der Waals surface area contributed by atoms with E-state index in [-0.39, 0.29) is 44.2 Å². The van der Waals surface area contributed by atoms with E-state index in [9.17, 15) is 29.6 Å². The summed E-state index contributed by atoms with van der Waals surface area (Å²) in [5.74, 6) is -2.55. The lowest BCUT2D eigenvalue weighted by Crippen LogP contribution is -2.29. The number of nitrogens with zero attached hydrogens (tertiary/aromatic N) is 3. The minimum atomic E-state index is -1.26. The first-order valence-corrected chi connectivity index (χ1v) is 12.6. The van der Waals surface area contributed by atoms with Gasteiger partial charge < -0.3 is 14.6 Å². The third kappa shape index (κ3) is 5.10. The zero-order valence-corrected chi connectivity index (χ0v) is 22.6. The highest BCUT2D eigenvalue weighted by molar-refractivity contribution is 7.17. The molecule has 1 unspecified atom stereocenters. The normalized spacial score (nSPS) is 16.6. The zero-order chi connectivity index (χ0) is 28.6. The standard InChI is InChI=1S/C27H25N3O8S/c1-13(2)38-19-10-9-17(11-14(19)3)22(31)20-21(16-7-6-8-18(12-16)30(35)36)29(25(33)23(20)32)27-28-15(4)24(39-27)26(34)37-5/h6-13,21,31H,1-5H3/b22-20-. The van der Waals surface area contributed by atoms with Crippen LogP contribution in [0.4, 0.5) is 10.8 Å². The SMILES string of the molecule is COC(=O)c1sc(N2C(=O)C(=O)/C(=C(\O)c3ccc(OC(C)C)c(C)c3)C2c2cccc([N+](=O)[O-])c2)nc1C. The van der Waals surface area contributed by atoms with E-state index in [1.165, 1.54) is 31.4 Å². The van der Waals surface area contributed by atoms with Gasteiger partial charge in [-0.3, -0.25) is 24.6 Å². The lowest BCUT2D eigenvalue weighted by atomic mass is 9.94. The Balaban J connectivity index is 1.93. The highest BCUT2D eigenvalue weighted by atomic mass is 32.1. The van der Waals surface area contributed by atoms with Crippen molar-refractivity contribution in [1.82, 2.24) is 4.98 Å². The van der Waals surface area contributed by atoms with Gasteiger partial charge in [0.05, 0.1) is 35.4 Å². The fourth-order valence-corrected chi connectivity index (χ4v) is 5.27. The van der Waals surface area contributed by atoms with Gasteiger partial charge in [-0.25, -0.2) is 9.78 Å². The predicted octanol–water partition coefficient (Wildman–Crippen LogP) is 4.87. The highest BCUT2D eigenvalue weighted by Crippen LogP contribution is 2.44. The Bertz CT molecular complexity index is 1540. The van der Waals surface area contributed by atoms with E-state index in [0.717, 1.165) is 16.2 Å². The van der Waals surface area contributed by atoms with Crippen LogP contribution in [0.25, 0.3) is 5.76 Å². The van der Waals surface area contributed by atoms with Gasteiger partial charge in [-0.2, -0.15) is 0 Å². The fourth-order valence-electron chi connectivity index (χ4n) is 4.26. The molecule has 39 heavy (non-hydrogen) atoms. The van der Waals surface area contributed by atoms with Crippen LogP contribution in [0, 0.1) is 24.0 Å². The molecular weight excluding hydrogens is 526 g/mol. The smallest absolute Gasteiger partial charge is 0.350 e. The van der Waals surface area contributed by atoms with Crippen molar-refractivity contribution in [2.75, 3.05) is 12.0 Å². The van der Waals surface area contributed by atoms with E-state index in [1.807, 2.05) is 13.8 Å². The van der Waals surface area contributed by atoms with E-state index in [0.29, 0.717) is 11.3 Å². The summed E-state index contributed by atoms with van der Waals surface area (Å²) >= 11 is 0.836. The largest absolute Gasteiger partial charge is 0.507 e. The summed E-state index contributed by atoms with van der Waals surface area (Å²) < 4.78 is 10.5.